The maximum Gasteiger partial charge on any atom is 0.317 e. The first-order chi connectivity index (χ1) is 15.7. The third-order valence-corrected chi connectivity index (χ3v) is 5.04. The highest BCUT2D eigenvalue weighted by Gasteiger charge is 2.15. The van der Waals surface area contributed by atoms with E-state index in [1.54, 1.807) is 37.4 Å². The van der Waals surface area contributed by atoms with Crippen LogP contribution < -0.4 is 16.0 Å². The average Bonchev–Trinajstić information content (AvgIpc) is 3.30. The van der Waals surface area contributed by atoms with Gasteiger partial charge in [0, 0.05) is 25.0 Å². The van der Waals surface area contributed by atoms with Crippen molar-refractivity contribution in [3.8, 4) is 0 Å². The van der Waals surface area contributed by atoms with Gasteiger partial charge in [0.05, 0.1) is 6.26 Å². The summed E-state index contributed by atoms with van der Waals surface area (Å²) in [5, 5.41) is 8.42. The van der Waals surface area contributed by atoms with Crippen LogP contribution in [0.1, 0.15) is 32.8 Å². The number of anilines is 2. The minimum absolute atomic E-state index is 0.0855. The number of nitrogens with zero attached hydrogens (tertiary/aromatic N) is 1. The second-order valence-electron chi connectivity index (χ2n) is 7.97. The predicted octanol–water partition coefficient (Wildman–Crippen LogP) is 4.24. The molecule has 0 spiro atoms. The molecule has 3 rings (SSSR count). The van der Waals surface area contributed by atoms with Crippen LogP contribution in [0, 0.1) is 20.8 Å². The van der Waals surface area contributed by atoms with E-state index in [4.69, 9.17) is 4.42 Å². The Kier molecular flexibility index (Phi) is 7.50. The lowest BCUT2D eigenvalue weighted by molar-refractivity contribution is -0.116. The number of furan rings is 1. The minimum atomic E-state index is -0.382. The normalized spacial score (nSPS) is 10.4. The molecule has 0 aliphatic carbocycles. The Labute approximate surface area is 193 Å². The SMILES string of the molecule is Cc1cc(C)c(NC(=O)CN(C)C(=O)NCc2cccc(NC(=O)c3ccco3)c2)c(C)c1. The number of aryl methyl sites for hydroxylation is 3. The summed E-state index contributed by atoms with van der Waals surface area (Å²) in [6, 6.07) is 14.0. The summed E-state index contributed by atoms with van der Waals surface area (Å²) in [6.45, 7) is 6.05. The molecule has 0 saturated heterocycles. The van der Waals surface area contributed by atoms with Crippen LogP contribution in [0.15, 0.2) is 59.2 Å². The molecule has 33 heavy (non-hydrogen) atoms. The summed E-state index contributed by atoms with van der Waals surface area (Å²) in [4.78, 5) is 38.3. The van der Waals surface area contributed by atoms with E-state index in [9.17, 15) is 14.4 Å². The maximum absolute atomic E-state index is 12.5. The van der Waals surface area contributed by atoms with Crippen LogP contribution >= 0.6 is 0 Å². The summed E-state index contributed by atoms with van der Waals surface area (Å²) in [6.07, 6.45) is 1.43. The fraction of sp³-hybridized carbons (Fsp3) is 0.240. The van der Waals surface area contributed by atoms with E-state index in [2.05, 4.69) is 16.0 Å². The average molecular weight is 449 g/mol. The Balaban J connectivity index is 1.51. The van der Waals surface area contributed by atoms with Crippen molar-refractivity contribution in [2.24, 2.45) is 0 Å². The number of rotatable bonds is 7. The van der Waals surface area contributed by atoms with Crippen LogP contribution in [0.4, 0.5) is 16.2 Å². The van der Waals surface area contributed by atoms with Gasteiger partial charge in [-0.2, -0.15) is 0 Å². The van der Waals surface area contributed by atoms with Crippen LogP contribution in [0.5, 0.6) is 0 Å². The molecule has 8 heteroatoms. The topological polar surface area (TPSA) is 104 Å². The van der Waals surface area contributed by atoms with Crippen molar-refractivity contribution >= 4 is 29.2 Å². The molecule has 4 amide bonds. The molecular formula is C25H28N4O4. The standard InChI is InChI=1S/C25H28N4O4/c1-16-11-17(2)23(18(3)12-16)28-22(30)15-29(4)25(32)26-14-19-7-5-8-20(13-19)27-24(31)21-9-6-10-33-21/h5-13H,14-15H2,1-4H3,(H,26,32)(H,27,31)(H,28,30). The van der Waals surface area contributed by atoms with Gasteiger partial charge in [-0.05, 0) is 61.7 Å². The van der Waals surface area contributed by atoms with E-state index in [0.717, 1.165) is 27.9 Å². The summed E-state index contributed by atoms with van der Waals surface area (Å²) in [7, 11) is 1.56. The molecule has 0 saturated carbocycles. The number of carbonyl (C=O) groups excluding carboxylic acids is 3. The van der Waals surface area contributed by atoms with Gasteiger partial charge in [0.25, 0.3) is 5.91 Å². The van der Waals surface area contributed by atoms with Crippen molar-refractivity contribution in [3.63, 3.8) is 0 Å². The van der Waals surface area contributed by atoms with Crippen molar-refractivity contribution < 1.29 is 18.8 Å². The van der Waals surface area contributed by atoms with Crippen LogP contribution in [0.3, 0.4) is 0 Å². The third kappa shape index (κ3) is 6.46. The zero-order valence-corrected chi connectivity index (χ0v) is 19.2. The molecule has 8 nitrogen and oxygen atoms in total. The van der Waals surface area contributed by atoms with E-state index in [1.165, 1.54) is 11.2 Å². The second-order valence-corrected chi connectivity index (χ2v) is 7.97. The lowest BCUT2D eigenvalue weighted by Gasteiger charge is -2.19. The number of amides is 4. The smallest absolute Gasteiger partial charge is 0.317 e. The van der Waals surface area contributed by atoms with Gasteiger partial charge in [0.1, 0.15) is 6.54 Å². The van der Waals surface area contributed by atoms with E-state index in [1.807, 2.05) is 39.0 Å². The fourth-order valence-electron chi connectivity index (χ4n) is 3.52. The van der Waals surface area contributed by atoms with E-state index >= 15 is 0 Å². The molecule has 0 aliphatic rings. The molecule has 0 fully saturated rings. The molecule has 172 valence electrons. The number of benzene rings is 2. The van der Waals surface area contributed by atoms with Gasteiger partial charge in [0.15, 0.2) is 5.76 Å². The summed E-state index contributed by atoms with van der Waals surface area (Å²) in [5.74, 6) is -0.416. The molecule has 0 unspecified atom stereocenters. The first kappa shape index (κ1) is 23.6. The van der Waals surface area contributed by atoms with E-state index in [0.29, 0.717) is 5.69 Å². The third-order valence-electron chi connectivity index (χ3n) is 5.04. The van der Waals surface area contributed by atoms with E-state index in [-0.39, 0.29) is 36.7 Å². The monoisotopic (exact) mass is 448 g/mol. The van der Waals surface area contributed by atoms with Gasteiger partial charge in [-0.3, -0.25) is 9.59 Å². The Morgan fingerprint density at radius 2 is 1.67 bits per heavy atom. The number of likely N-dealkylation sites (N-methyl/N-ethyl adjacent to an activating group) is 1. The zero-order valence-electron chi connectivity index (χ0n) is 19.2. The molecule has 3 aromatic rings. The Bertz CT molecular complexity index is 1130. The zero-order chi connectivity index (χ0) is 24.0. The molecule has 3 N–H and O–H groups in total. The lowest BCUT2D eigenvalue weighted by atomic mass is 10.1. The highest BCUT2D eigenvalue weighted by molar-refractivity contribution is 6.02. The van der Waals surface area contributed by atoms with Crippen LogP contribution in [-0.2, 0) is 11.3 Å². The van der Waals surface area contributed by atoms with Gasteiger partial charge in [-0.25, -0.2) is 4.79 Å². The molecule has 1 aromatic heterocycles. The van der Waals surface area contributed by atoms with Gasteiger partial charge < -0.3 is 25.3 Å². The quantitative estimate of drug-likeness (QED) is 0.503. The van der Waals surface area contributed by atoms with Gasteiger partial charge >= 0.3 is 6.03 Å². The Morgan fingerprint density at radius 1 is 0.939 bits per heavy atom. The van der Waals surface area contributed by atoms with Crippen molar-refractivity contribution in [1.29, 1.82) is 0 Å². The molecule has 0 atom stereocenters. The highest BCUT2D eigenvalue weighted by Crippen LogP contribution is 2.21. The Hall–Kier alpha value is -4.07. The first-order valence-electron chi connectivity index (χ1n) is 10.5. The molecular weight excluding hydrogens is 420 g/mol. The number of urea groups is 1. The van der Waals surface area contributed by atoms with Gasteiger partial charge in [0.2, 0.25) is 5.91 Å². The molecule has 0 radical (unpaired) electrons. The fourth-order valence-corrected chi connectivity index (χ4v) is 3.52. The van der Waals surface area contributed by atoms with Crippen molar-refractivity contribution in [2.45, 2.75) is 27.3 Å². The molecule has 0 aliphatic heterocycles. The Morgan fingerprint density at radius 3 is 2.33 bits per heavy atom. The molecule has 2 aromatic carbocycles. The van der Waals surface area contributed by atoms with Crippen molar-refractivity contribution in [1.82, 2.24) is 10.2 Å². The van der Waals surface area contributed by atoms with Gasteiger partial charge in [-0.15, -0.1) is 0 Å². The largest absolute Gasteiger partial charge is 0.459 e. The summed E-state index contributed by atoms with van der Waals surface area (Å²) in [5.41, 5.74) is 5.24. The van der Waals surface area contributed by atoms with Crippen molar-refractivity contribution in [3.05, 3.63) is 82.8 Å². The van der Waals surface area contributed by atoms with Gasteiger partial charge in [-0.1, -0.05) is 29.8 Å². The maximum atomic E-state index is 12.5. The van der Waals surface area contributed by atoms with Crippen LogP contribution in [-0.4, -0.2) is 36.3 Å². The summed E-state index contributed by atoms with van der Waals surface area (Å²) < 4.78 is 5.08. The lowest BCUT2D eigenvalue weighted by Crippen LogP contribution is -2.41. The minimum Gasteiger partial charge on any atom is -0.459 e. The number of carbonyl (C=O) groups is 3. The van der Waals surface area contributed by atoms with Crippen LogP contribution in [0.25, 0.3) is 0 Å². The second kappa shape index (κ2) is 10.5. The number of nitrogens with one attached hydrogen (secondary N) is 3. The number of hydrogen-bond acceptors (Lipinski definition) is 4. The van der Waals surface area contributed by atoms with Crippen molar-refractivity contribution in [2.75, 3.05) is 24.2 Å². The number of hydrogen-bond donors (Lipinski definition) is 3. The molecule has 0 bridgehead atoms. The molecule has 1 heterocycles. The highest BCUT2D eigenvalue weighted by atomic mass is 16.3. The summed E-state index contributed by atoms with van der Waals surface area (Å²) >= 11 is 0. The predicted molar refractivity (Wildman–Crippen MR) is 127 cm³/mol. The van der Waals surface area contributed by atoms with Crippen LogP contribution in [0.2, 0.25) is 0 Å². The van der Waals surface area contributed by atoms with E-state index < -0.39 is 0 Å². The first-order valence-corrected chi connectivity index (χ1v) is 10.5.